The van der Waals surface area contributed by atoms with Crippen LogP contribution in [0, 0.1) is 0 Å². The number of aryl methyl sites for hydroxylation is 1. The summed E-state index contributed by atoms with van der Waals surface area (Å²) in [5, 5.41) is 2.49. The molecular formula is C14H17N3. The first kappa shape index (κ1) is 11.6. The van der Waals surface area contributed by atoms with Crippen molar-refractivity contribution in [2.75, 3.05) is 0 Å². The normalized spacial score (nSPS) is 10.6. The summed E-state index contributed by atoms with van der Waals surface area (Å²) < 4.78 is 2.30. The summed E-state index contributed by atoms with van der Waals surface area (Å²) >= 11 is 0. The van der Waals surface area contributed by atoms with E-state index in [4.69, 9.17) is 0 Å². The maximum Gasteiger partial charge on any atom is 0.0944 e. The standard InChI is InChI=1S/C14H14N2.H3N/c1-2-9-16-10-7-12-6-5-11-4-3-8-15-13(11)14(12)16;/h3-8,10H,2,9H2,1H3;1H3. The summed E-state index contributed by atoms with van der Waals surface area (Å²) in [6.45, 7) is 3.25. The Balaban J connectivity index is 0.00000108. The van der Waals surface area contributed by atoms with Gasteiger partial charge in [0.2, 0.25) is 0 Å². The minimum absolute atomic E-state index is 0. The van der Waals surface area contributed by atoms with E-state index in [2.05, 4.69) is 46.9 Å². The summed E-state index contributed by atoms with van der Waals surface area (Å²) in [5.41, 5.74) is 2.37. The van der Waals surface area contributed by atoms with E-state index in [1.807, 2.05) is 12.3 Å². The first-order valence-corrected chi connectivity index (χ1v) is 5.72. The van der Waals surface area contributed by atoms with E-state index >= 15 is 0 Å². The minimum Gasteiger partial charge on any atom is -0.346 e. The zero-order valence-electron chi connectivity index (χ0n) is 10.1. The molecule has 0 fully saturated rings. The topological polar surface area (TPSA) is 52.8 Å². The Morgan fingerprint density at radius 2 is 1.94 bits per heavy atom. The second-order valence-electron chi connectivity index (χ2n) is 4.09. The highest BCUT2D eigenvalue weighted by Gasteiger charge is 2.05. The van der Waals surface area contributed by atoms with Crippen LogP contribution in [0.5, 0.6) is 0 Å². The molecule has 2 heterocycles. The minimum atomic E-state index is 0. The maximum absolute atomic E-state index is 4.50. The molecule has 0 aliphatic carbocycles. The van der Waals surface area contributed by atoms with Gasteiger partial charge in [0.25, 0.3) is 0 Å². The van der Waals surface area contributed by atoms with Crippen molar-refractivity contribution in [1.82, 2.24) is 15.7 Å². The number of aromatic nitrogens is 2. The molecule has 0 unspecified atom stereocenters. The van der Waals surface area contributed by atoms with Crippen molar-refractivity contribution in [2.24, 2.45) is 0 Å². The average Bonchev–Trinajstić information content (AvgIpc) is 2.73. The van der Waals surface area contributed by atoms with Gasteiger partial charge in [-0.3, -0.25) is 4.98 Å². The Morgan fingerprint density at radius 3 is 2.76 bits per heavy atom. The number of pyridine rings is 1. The molecule has 0 saturated heterocycles. The van der Waals surface area contributed by atoms with Gasteiger partial charge in [-0.15, -0.1) is 0 Å². The van der Waals surface area contributed by atoms with E-state index in [-0.39, 0.29) is 6.15 Å². The van der Waals surface area contributed by atoms with Gasteiger partial charge in [0.05, 0.1) is 11.0 Å². The Morgan fingerprint density at radius 1 is 1.12 bits per heavy atom. The first-order chi connectivity index (χ1) is 7.90. The van der Waals surface area contributed by atoms with Crippen LogP contribution in [-0.4, -0.2) is 9.55 Å². The fourth-order valence-electron chi connectivity index (χ4n) is 2.25. The summed E-state index contributed by atoms with van der Waals surface area (Å²) in [5.74, 6) is 0. The fraction of sp³-hybridized carbons (Fsp3) is 0.214. The van der Waals surface area contributed by atoms with Crippen molar-refractivity contribution >= 4 is 21.8 Å². The average molecular weight is 227 g/mol. The van der Waals surface area contributed by atoms with Crippen LogP contribution in [0.15, 0.2) is 42.7 Å². The SMILES string of the molecule is CCCn1ccc2ccc3cccnc3c21.N. The molecule has 0 saturated carbocycles. The predicted molar refractivity (Wildman–Crippen MR) is 72.6 cm³/mol. The van der Waals surface area contributed by atoms with E-state index < -0.39 is 0 Å². The van der Waals surface area contributed by atoms with Crippen molar-refractivity contribution in [2.45, 2.75) is 19.9 Å². The van der Waals surface area contributed by atoms with Crippen molar-refractivity contribution < 1.29 is 0 Å². The molecule has 0 radical (unpaired) electrons. The van der Waals surface area contributed by atoms with Crippen LogP contribution in [0.2, 0.25) is 0 Å². The van der Waals surface area contributed by atoms with Crippen LogP contribution in [-0.2, 0) is 6.54 Å². The first-order valence-electron chi connectivity index (χ1n) is 5.72. The second-order valence-corrected chi connectivity index (χ2v) is 4.09. The zero-order valence-corrected chi connectivity index (χ0v) is 10.1. The Labute approximate surface area is 101 Å². The lowest BCUT2D eigenvalue weighted by Gasteiger charge is -2.05. The molecule has 3 N–H and O–H groups in total. The highest BCUT2D eigenvalue weighted by Crippen LogP contribution is 2.24. The van der Waals surface area contributed by atoms with Gasteiger partial charge in [0.1, 0.15) is 0 Å². The number of benzene rings is 1. The molecule has 0 aliphatic heterocycles. The molecule has 0 spiro atoms. The zero-order chi connectivity index (χ0) is 11.0. The van der Waals surface area contributed by atoms with Crippen LogP contribution in [0.25, 0.3) is 21.8 Å². The van der Waals surface area contributed by atoms with Gasteiger partial charge in [-0.2, -0.15) is 0 Å². The molecule has 0 aliphatic rings. The quantitative estimate of drug-likeness (QED) is 0.724. The largest absolute Gasteiger partial charge is 0.346 e. The van der Waals surface area contributed by atoms with Gasteiger partial charge >= 0.3 is 0 Å². The molecule has 88 valence electrons. The van der Waals surface area contributed by atoms with Crippen LogP contribution in [0.3, 0.4) is 0 Å². The van der Waals surface area contributed by atoms with Gasteiger partial charge < -0.3 is 10.7 Å². The van der Waals surface area contributed by atoms with Crippen molar-refractivity contribution in [3.05, 3.63) is 42.7 Å². The highest BCUT2D eigenvalue weighted by atomic mass is 15.0. The molecule has 0 bridgehead atoms. The van der Waals surface area contributed by atoms with Crippen LogP contribution in [0.4, 0.5) is 0 Å². The third-order valence-corrected chi connectivity index (χ3v) is 2.96. The van der Waals surface area contributed by atoms with Crippen LogP contribution >= 0.6 is 0 Å². The molecule has 17 heavy (non-hydrogen) atoms. The number of fused-ring (bicyclic) bond motifs is 3. The molecule has 3 nitrogen and oxygen atoms in total. The predicted octanol–water partition coefficient (Wildman–Crippen LogP) is 3.76. The summed E-state index contributed by atoms with van der Waals surface area (Å²) in [7, 11) is 0. The maximum atomic E-state index is 4.50. The van der Waals surface area contributed by atoms with Gasteiger partial charge in [0, 0.05) is 29.7 Å². The summed E-state index contributed by atoms with van der Waals surface area (Å²) in [4.78, 5) is 4.50. The number of hydrogen-bond donors (Lipinski definition) is 1. The van der Waals surface area contributed by atoms with Gasteiger partial charge in [-0.1, -0.05) is 25.1 Å². The smallest absolute Gasteiger partial charge is 0.0944 e. The molecule has 2 aromatic heterocycles. The lowest BCUT2D eigenvalue weighted by atomic mass is 10.1. The van der Waals surface area contributed by atoms with E-state index in [1.54, 1.807) is 0 Å². The van der Waals surface area contributed by atoms with Gasteiger partial charge in [-0.25, -0.2) is 0 Å². The Hall–Kier alpha value is -1.87. The monoisotopic (exact) mass is 227 g/mol. The fourth-order valence-corrected chi connectivity index (χ4v) is 2.25. The van der Waals surface area contributed by atoms with E-state index in [0.29, 0.717) is 0 Å². The highest BCUT2D eigenvalue weighted by molar-refractivity contribution is 6.03. The van der Waals surface area contributed by atoms with Crippen LogP contribution in [0.1, 0.15) is 13.3 Å². The molecular weight excluding hydrogens is 210 g/mol. The lowest BCUT2D eigenvalue weighted by molar-refractivity contribution is 0.704. The number of rotatable bonds is 2. The molecule has 3 rings (SSSR count). The molecule has 0 atom stereocenters. The van der Waals surface area contributed by atoms with Crippen LogP contribution < -0.4 is 6.15 Å². The summed E-state index contributed by atoms with van der Waals surface area (Å²) in [6.07, 6.45) is 5.17. The number of hydrogen-bond acceptors (Lipinski definition) is 2. The number of nitrogens with zero attached hydrogens (tertiary/aromatic N) is 2. The van der Waals surface area contributed by atoms with Gasteiger partial charge in [-0.05, 0) is 18.6 Å². The third-order valence-electron chi connectivity index (χ3n) is 2.96. The van der Waals surface area contributed by atoms with Crippen molar-refractivity contribution in [3.8, 4) is 0 Å². The molecule has 3 heteroatoms. The second kappa shape index (κ2) is 4.55. The van der Waals surface area contributed by atoms with Crippen molar-refractivity contribution in [1.29, 1.82) is 0 Å². The third kappa shape index (κ3) is 1.78. The molecule has 1 aromatic carbocycles. The molecule has 3 aromatic rings. The molecule has 0 amide bonds. The van der Waals surface area contributed by atoms with Crippen molar-refractivity contribution in [3.63, 3.8) is 0 Å². The van der Waals surface area contributed by atoms with E-state index in [1.165, 1.54) is 16.3 Å². The summed E-state index contributed by atoms with van der Waals surface area (Å²) in [6, 6.07) is 10.6. The Kier molecular flexibility index (Phi) is 3.11. The lowest BCUT2D eigenvalue weighted by Crippen LogP contribution is -1.95. The van der Waals surface area contributed by atoms with E-state index in [0.717, 1.165) is 18.5 Å². The Bertz CT molecular complexity index is 640. The van der Waals surface area contributed by atoms with Gasteiger partial charge in [0.15, 0.2) is 0 Å². The van der Waals surface area contributed by atoms with E-state index in [9.17, 15) is 0 Å².